The SMILES string of the molecule is CC1CNCCC1NS(=O)(=O)c1ccccc1Cl.Cl. The van der Waals surface area contributed by atoms with Gasteiger partial charge in [-0.2, -0.15) is 0 Å². The van der Waals surface area contributed by atoms with Crippen molar-refractivity contribution in [2.45, 2.75) is 24.3 Å². The highest BCUT2D eigenvalue weighted by molar-refractivity contribution is 7.89. The maximum atomic E-state index is 12.3. The number of piperidine rings is 1. The van der Waals surface area contributed by atoms with Crippen molar-refractivity contribution < 1.29 is 8.42 Å². The van der Waals surface area contributed by atoms with Crippen molar-refractivity contribution >= 4 is 34.0 Å². The summed E-state index contributed by atoms with van der Waals surface area (Å²) in [5, 5.41) is 3.50. The van der Waals surface area contributed by atoms with E-state index >= 15 is 0 Å². The van der Waals surface area contributed by atoms with Crippen LogP contribution in [-0.4, -0.2) is 27.5 Å². The van der Waals surface area contributed by atoms with Crippen LogP contribution in [0.15, 0.2) is 29.2 Å². The topological polar surface area (TPSA) is 58.2 Å². The Hall–Kier alpha value is -0.330. The van der Waals surface area contributed by atoms with Gasteiger partial charge in [-0.3, -0.25) is 0 Å². The average molecular weight is 325 g/mol. The fourth-order valence-corrected chi connectivity index (χ4v) is 4.01. The third kappa shape index (κ3) is 4.07. The van der Waals surface area contributed by atoms with Crippen molar-refractivity contribution in [2.24, 2.45) is 5.92 Å². The molecule has 1 fully saturated rings. The molecule has 2 atom stereocenters. The highest BCUT2D eigenvalue weighted by Crippen LogP contribution is 2.22. The van der Waals surface area contributed by atoms with Gasteiger partial charge in [0.25, 0.3) is 0 Å². The highest BCUT2D eigenvalue weighted by Gasteiger charge is 2.27. The molecule has 0 radical (unpaired) electrons. The van der Waals surface area contributed by atoms with E-state index in [4.69, 9.17) is 11.6 Å². The molecule has 1 saturated heterocycles. The normalized spacial score (nSPS) is 23.7. The number of benzene rings is 1. The molecular formula is C12H18Cl2N2O2S. The van der Waals surface area contributed by atoms with Crippen molar-refractivity contribution in [1.29, 1.82) is 0 Å². The quantitative estimate of drug-likeness (QED) is 0.894. The first kappa shape index (κ1) is 16.7. The zero-order valence-corrected chi connectivity index (χ0v) is 13.0. The standard InChI is InChI=1S/C12H17ClN2O2S.ClH/c1-9-8-14-7-6-11(9)15-18(16,17)12-5-3-2-4-10(12)13;/h2-5,9,11,14-15H,6-8H2,1H3;1H. The molecule has 1 aliphatic rings. The summed E-state index contributed by atoms with van der Waals surface area (Å²) in [6.45, 7) is 3.70. The predicted octanol–water partition coefficient (Wildman–Crippen LogP) is 2.04. The summed E-state index contributed by atoms with van der Waals surface area (Å²) in [6, 6.07) is 6.46. The molecule has 19 heavy (non-hydrogen) atoms. The fourth-order valence-electron chi connectivity index (χ4n) is 2.11. The van der Waals surface area contributed by atoms with Gasteiger partial charge in [-0.15, -0.1) is 12.4 Å². The molecule has 7 heteroatoms. The number of rotatable bonds is 3. The van der Waals surface area contributed by atoms with Crippen LogP contribution in [0.5, 0.6) is 0 Å². The van der Waals surface area contributed by atoms with Crippen LogP contribution >= 0.6 is 24.0 Å². The van der Waals surface area contributed by atoms with Gasteiger partial charge in [-0.25, -0.2) is 13.1 Å². The Morgan fingerprint density at radius 2 is 2.05 bits per heavy atom. The van der Waals surface area contributed by atoms with Crippen LogP contribution in [0, 0.1) is 5.92 Å². The minimum absolute atomic E-state index is 0. The van der Waals surface area contributed by atoms with E-state index in [0.29, 0.717) is 0 Å². The van der Waals surface area contributed by atoms with Crippen molar-refractivity contribution in [3.63, 3.8) is 0 Å². The Kier molecular flexibility index (Phi) is 6.08. The van der Waals surface area contributed by atoms with Gasteiger partial charge in [0.15, 0.2) is 0 Å². The maximum Gasteiger partial charge on any atom is 0.242 e. The smallest absolute Gasteiger partial charge is 0.242 e. The largest absolute Gasteiger partial charge is 0.316 e. The van der Waals surface area contributed by atoms with E-state index in [1.165, 1.54) is 6.07 Å². The van der Waals surface area contributed by atoms with Gasteiger partial charge in [-0.05, 0) is 37.6 Å². The van der Waals surface area contributed by atoms with Crippen molar-refractivity contribution in [3.05, 3.63) is 29.3 Å². The summed E-state index contributed by atoms with van der Waals surface area (Å²) >= 11 is 5.93. The van der Waals surface area contributed by atoms with Crippen molar-refractivity contribution in [2.75, 3.05) is 13.1 Å². The number of sulfonamides is 1. The van der Waals surface area contributed by atoms with Crippen LogP contribution in [0.2, 0.25) is 5.02 Å². The Morgan fingerprint density at radius 3 is 2.68 bits per heavy atom. The van der Waals surface area contributed by atoms with Crippen LogP contribution in [0.25, 0.3) is 0 Å². The molecule has 1 aliphatic heterocycles. The molecule has 0 aromatic heterocycles. The van der Waals surface area contributed by atoms with E-state index in [-0.39, 0.29) is 34.3 Å². The molecule has 0 saturated carbocycles. The summed E-state index contributed by atoms with van der Waals surface area (Å²) < 4.78 is 27.3. The van der Waals surface area contributed by atoms with Gasteiger partial charge in [0.05, 0.1) is 5.02 Å². The van der Waals surface area contributed by atoms with Crippen LogP contribution in [0.3, 0.4) is 0 Å². The van der Waals surface area contributed by atoms with Gasteiger partial charge < -0.3 is 5.32 Å². The van der Waals surface area contributed by atoms with E-state index < -0.39 is 10.0 Å². The lowest BCUT2D eigenvalue weighted by molar-refractivity contribution is 0.328. The van der Waals surface area contributed by atoms with Gasteiger partial charge in [0, 0.05) is 6.04 Å². The Morgan fingerprint density at radius 1 is 1.37 bits per heavy atom. The summed E-state index contributed by atoms with van der Waals surface area (Å²) in [6.07, 6.45) is 0.796. The molecule has 2 unspecified atom stereocenters. The summed E-state index contributed by atoms with van der Waals surface area (Å²) in [4.78, 5) is 0.150. The Balaban J connectivity index is 0.00000180. The number of halogens is 2. The molecule has 108 valence electrons. The number of hydrogen-bond acceptors (Lipinski definition) is 3. The fraction of sp³-hybridized carbons (Fsp3) is 0.500. The van der Waals surface area contributed by atoms with Crippen LogP contribution in [0.1, 0.15) is 13.3 Å². The van der Waals surface area contributed by atoms with Gasteiger partial charge in [0.2, 0.25) is 10.0 Å². The molecule has 2 rings (SSSR count). The predicted molar refractivity (Wildman–Crippen MR) is 79.5 cm³/mol. The third-order valence-corrected chi connectivity index (χ3v) is 5.21. The Labute approximate surface area is 125 Å². The Bertz CT molecular complexity index is 522. The first-order valence-corrected chi connectivity index (χ1v) is 7.84. The highest BCUT2D eigenvalue weighted by atomic mass is 35.5. The molecule has 0 bridgehead atoms. The summed E-state index contributed by atoms with van der Waals surface area (Å²) in [5.74, 6) is 0.274. The zero-order valence-electron chi connectivity index (χ0n) is 10.6. The lowest BCUT2D eigenvalue weighted by Gasteiger charge is -2.30. The van der Waals surface area contributed by atoms with E-state index in [1.807, 2.05) is 6.92 Å². The molecule has 2 N–H and O–H groups in total. The molecular weight excluding hydrogens is 307 g/mol. The van der Waals surface area contributed by atoms with Gasteiger partial charge in [-0.1, -0.05) is 30.7 Å². The molecule has 0 spiro atoms. The van der Waals surface area contributed by atoms with E-state index in [1.54, 1.807) is 18.2 Å². The summed E-state index contributed by atoms with van der Waals surface area (Å²) in [5.41, 5.74) is 0. The zero-order chi connectivity index (χ0) is 13.2. The summed E-state index contributed by atoms with van der Waals surface area (Å²) in [7, 11) is -3.53. The molecule has 4 nitrogen and oxygen atoms in total. The van der Waals surface area contributed by atoms with E-state index in [0.717, 1.165) is 19.5 Å². The van der Waals surface area contributed by atoms with Gasteiger partial charge in [0.1, 0.15) is 4.90 Å². The van der Waals surface area contributed by atoms with Crippen molar-refractivity contribution in [3.8, 4) is 0 Å². The third-order valence-electron chi connectivity index (χ3n) is 3.22. The molecule has 1 aromatic rings. The molecule has 0 amide bonds. The molecule has 0 aliphatic carbocycles. The second-order valence-electron chi connectivity index (χ2n) is 4.63. The minimum atomic E-state index is -3.53. The van der Waals surface area contributed by atoms with Crippen LogP contribution in [0.4, 0.5) is 0 Å². The first-order chi connectivity index (χ1) is 8.50. The first-order valence-electron chi connectivity index (χ1n) is 5.98. The van der Waals surface area contributed by atoms with Crippen LogP contribution < -0.4 is 10.0 Å². The number of hydrogen-bond donors (Lipinski definition) is 2. The molecule has 1 aromatic carbocycles. The average Bonchev–Trinajstić information content (AvgIpc) is 2.32. The minimum Gasteiger partial charge on any atom is -0.316 e. The maximum absolute atomic E-state index is 12.3. The van der Waals surface area contributed by atoms with E-state index in [9.17, 15) is 8.42 Å². The van der Waals surface area contributed by atoms with E-state index in [2.05, 4.69) is 10.0 Å². The lowest BCUT2D eigenvalue weighted by atomic mass is 9.97. The molecule has 1 heterocycles. The second-order valence-corrected chi connectivity index (χ2v) is 6.72. The second kappa shape index (κ2) is 6.90. The van der Waals surface area contributed by atoms with Gasteiger partial charge >= 0.3 is 0 Å². The van der Waals surface area contributed by atoms with Crippen LogP contribution in [-0.2, 0) is 10.0 Å². The number of nitrogens with one attached hydrogen (secondary N) is 2. The lowest BCUT2D eigenvalue weighted by Crippen LogP contribution is -2.48. The van der Waals surface area contributed by atoms with Crippen molar-refractivity contribution in [1.82, 2.24) is 10.0 Å². The monoisotopic (exact) mass is 324 g/mol.